The van der Waals surface area contributed by atoms with Crippen LogP contribution < -0.4 is 0 Å². The van der Waals surface area contributed by atoms with Gasteiger partial charge in [-0.05, 0) is 58.7 Å². The highest BCUT2D eigenvalue weighted by molar-refractivity contribution is 7.15. The van der Waals surface area contributed by atoms with Gasteiger partial charge in [0.1, 0.15) is 28.2 Å². The second-order valence-electron chi connectivity index (χ2n) is 10.7. The SMILES string of the molecule is COC(=O)C[C@@H]1N=C(c2ccc(-c3ccc(C(=O)OC(C)(C)C)nc3)cc2)c2c(sc(C)c2C)-n2c(C)nnc21. The van der Waals surface area contributed by atoms with Gasteiger partial charge in [-0.2, -0.15) is 0 Å². The van der Waals surface area contributed by atoms with Crippen molar-refractivity contribution in [3.8, 4) is 16.1 Å². The number of pyridine rings is 1. The van der Waals surface area contributed by atoms with Crippen LogP contribution in [0.25, 0.3) is 16.1 Å². The third kappa shape index (κ3) is 5.19. The highest BCUT2D eigenvalue weighted by atomic mass is 32.1. The molecule has 1 aliphatic heterocycles. The van der Waals surface area contributed by atoms with E-state index in [-0.39, 0.29) is 18.1 Å². The Hall–Kier alpha value is -4.18. The fourth-order valence-electron chi connectivity index (χ4n) is 4.60. The number of aryl methyl sites for hydroxylation is 2. The van der Waals surface area contributed by atoms with Gasteiger partial charge in [-0.3, -0.25) is 14.4 Å². The standard InChI is InChI=1S/C30H31N5O4S/c1-16-17(2)40-28-25(16)26(32-23(14-24(36)38-7)27-34-33-18(3)35(27)28)20-10-8-19(9-11-20)21-12-13-22(31-15-21)29(37)39-30(4,5)6/h8-13,15,23H,14H2,1-7H3/t23-/m0/s1. The number of rotatable bonds is 5. The molecule has 206 valence electrons. The first-order valence-corrected chi connectivity index (χ1v) is 13.8. The number of methoxy groups -OCH3 is 1. The zero-order valence-electron chi connectivity index (χ0n) is 23.6. The molecule has 0 fully saturated rings. The maximum atomic E-state index is 12.3. The Morgan fingerprint density at radius 2 is 1.65 bits per heavy atom. The van der Waals surface area contributed by atoms with E-state index in [0.717, 1.165) is 44.4 Å². The minimum Gasteiger partial charge on any atom is -0.469 e. The molecule has 0 unspecified atom stereocenters. The molecule has 0 aliphatic carbocycles. The highest BCUT2D eigenvalue weighted by Crippen LogP contribution is 2.39. The zero-order chi connectivity index (χ0) is 28.8. The van der Waals surface area contributed by atoms with Crippen LogP contribution >= 0.6 is 11.3 Å². The quantitative estimate of drug-likeness (QED) is 0.289. The van der Waals surface area contributed by atoms with Crippen molar-refractivity contribution in [1.82, 2.24) is 19.7 Å². The van der Waals surface area contributed by atoms with Crippen LogP contribution in [0.15, 0.2) is 47.6 Å². The summed E-state index contributed by atoms with van der Waals surface area (Å²) in [4.78, 5) is 35.3. The number of carbonyl (C=O) groups is 2. The van der Waals surface area contributed by atoms with Gasteiger partial charge in [-0.15, -0.1) is 21.5 Å². The Kier molecular flexibility index (Phi) is 7.14. The zero-order valence-corrected chi connectivity index (χ0v) is 24.4. The summed E-state index contributed by atoms with van der Waals surface area (Å²) in [5, 5.41) is 9.70. The van der Waals surface area contributed by atoms with Crippen molar-refractivity contribution in [1.29, 1.82) is 0 Å². The van der Waals surface area contributed by atoms with Gasteiger partial charge in [0.2, 0.25) is 0 Å². The highest BCUT2D eigenvalue weighted by Gasteiger charge is 2.32. The van der Waals surface area contributed by atoms with E-state index in [9.17, 15) is 9.59 Å². The van der Waals surface area contributed by atoms with E-state index in [1.807, 2.05) is 62.6 Å². The van der Waals surface area contributed by atoms with E-state index in [1.54, 1.807) is 23.6 Å². The summed E-state index contributed by atoms with van der Waals surface area (Å²) in [5.41, 5.74) is 5.33. The number of hydrogen-bond acceptors (Lipinski definition) is 9. The summed E-state index contributed by atoms with van der Waals surface area (Å²) in [6.07, 6.45) is 1.72. The van der Waals surface area contributed by atoms with Crippen LogP contribution in [0.5, 0.6) is 0 Å². The summed E-state index contributed by atoms with van der Waals surface area (Å²) >= 11 is 1.66. The first-order chi connectivity index (χ1) is 19.0. The molecule has 0 radical (unpaired) electrons. The van der Waals surface area contributed by atoms with Crippen LogP contribution in [0.2, 0.25) is 0 Å². The molecule has 10 heteroatoms. The number of thiophene rings is 1. The Bertz CT molecular complexity index is 1630. The molecule has 0 saturated carbocycles. The van der Waals surface area contributed by atoms with Crippen molar-refractivity contribution in [3.05, 3.63) is 81.5 Å². The van der Waals surface area contributed by atoms with Crippen molar-refractivity contribution < 1.29 is 19.1 Å². The van der Waals surface area contributed by atoms with E-state index in [0.29, 0.717) is 5.82 Å². The Labute approximate surface area is 236 Å². The van der Waals surface area contributed by atoms with Crippen molar-refractivity contribution in [2.24, 2.45) is 4.99 Å². The average molecular weight is 558 g/mol. The lowest BCUT2D eigenvalue weighted by Crippen LogP contribution is -2.24. The predicted octanol–water partition coefficient (Wildman–Crippen LogP) is 5.73. The summed E-state index contributed by atoms with van der Waals surface area (Å²) in [7, 11) is 1.37. The molecule has 1 aromatic carbocycles. The van der Waals surface area contributed by atoms with E-state index in [2.05, 4.69) is 29.0 Å². The van der Waals surface area contributed by atoms with Gasteiger partial charge < -0.3 is 9.47 Å². The predicted molar refractivity (Wildman–Crippen MR) is 153 cm³/mol. The Morgan fingerprint density at radius 1 is 0.975 bits per heavy atom. The molecule has 40 heavy (non-hydrogen) atoms. The van der Waals surface area contributed by atoms with Gasteiger partial charge in [0.15, 0.2) is 5.82 Å². The molecule has 9 nitrogen and oxygen atoms in total. The summed E-state index contributed by atoms with van der Waals surface area (Å²) in [6, 6.07) is 11.0. The number of nitrogens with zero attached hydrogens (tertiary/aromatic N) is 5. The fraction of sp³-hybridized carbons (Fsp3) is 0.333. The lowest BCUT2D eigenvalue weighted by atomic mass is 9.97. The van der Waals surface area contributed by atoms with E-state index >= 15 is 0 Å². The maximum absolute atomic E-state index is 12.3. The Balaban J connectivity index is 1.53. The van der Waals surface area contributed by atoms with E-state index in [1.165, 1.54) is 12.0 Å². The van der Waals surface area contributed by atoms with E-state index in [4.69, 9.17) is 14.5 Å². The first kappa shape index (κ1) is 27.4. The number of aliphatic imine (C=N–C) groups is 1. The largest absolute Gasteiger partial charge is 0.469 e. The number of aromatic nitrogens is 4. The van der Waals surface area contributed by atoms with Gasteiger partial charge in [0.25, 0.3) is 0 Å². The minimum absolute atomic E-state index is 0.0544. The van der Waals surface area contributed by atoms with Gasteiger partial charge in [-0.25, -0.2) is 9.78 Å². The number of ether oxygens (including phenoxy) is 2. The lowest BCUT2D eigenvalue weighted by Gasteiger charge is -2.19. The van der Waals surface area contributed by atoms with E-state index < -0.39 is 17.6 Å². The third-order valence-corrected chi connectivity index (χ3v) is 7.88. The molecule has 4 heterocycles. The fourth-order valence-corrected chi connectivity index (χ4v) is 5.82. The molecule has 4 aromatic rings. The Morgan fingerprint density at radius 3 is 2.27 bits per heavy atom. The first-order valence-electron chi connectivity index (χ1n) is 12.9. The molecule has 0 bridgehead atoms. The molecule has 0 amide bonds. The maximum Gasteiger partial charge on any atom is 0.357 e. The molecular weight excluding hydrogens is 526 g/mol. The van der Waals surface area contributed by atoms with Gasteiger partial charge >= 0.3 is 11.9 Å². The molecule has 1 aliphatic rings. The normalized spacial score (nSPS) is 14.6. The van der Waals surface area contributed by atoms with Crippen LogP contribution in [0.4, 0.5) is 0 Å². The molecule has 1 atom stereocenters. The number of benzene rings is 1. The number of fused-ring (bicyclic) bond motifs is 3. The van der Waals surface area contributed by atoms with Gasteiger partial charge in [0.05, 0.1) is 19.2 Å². The van der Waals surface area contributed by atoms with Crippen molar-refractivity contribution >= 4 is 29.0 Å². The minimum atomic E-state index is -0.586. The van der Waals surface area contributed by atoms with Crippen molar-refractivity contribution in [2.75, 3.05) is 7.11 Å². The molecule has 0 saturated heterocycles. The summed E-state index contributed by atoms with van der Waals surface area (Å²) in [6.45, 7) is 11.6. The lowest BCUT2D eigenvalue weighted by molar-refractivity contribution is -0.141. The van der Waals surface area contributed by atoms with Crippen LogP contribution in [0.1, 0.15) is 76.9 Å². The van der Waals surface area contributed by atoms with Crippen LogP contribution in [0.3, 0.4) is 0 Å². The molecule has 5 rings (SSSR count). The van der Waals surface area contributed by atoms with Crippen LogP contribution in [-0.2, 0) is 14.3 Å². The second-order valence-corrected chi connectivity index (χ2v) is 11.9. The van der Waals surface area contributed by atoms with Crippen LogP contribution in [-0.4, -0.2) is 50.1 Å². The number of carbonyl (C=O) groups excluding carboxylic acids is 2. The molecule has 3 aromatic heterocycles. The monoisotopic (exact) mass is 557 g/mol. The van der Waals surface area contributed by atoms with Gasteiger partial charge in [0, 0.05) is 27.8 Å². The number of esters is 2. The van der Waals surface area contributed by atoms with Crippen molar-refractivity contribution in [2.45, 2.75) is 59.6 Å². The molecule has 0 spiro atoms. The second kappa shape index (κ2) is 10.4. The third-order valence-electron chi connectivity index (χ3n) is 6.69. The topological polar surface area (TPSA) is 109 Å². The number of hydrogen-bond donors (Lipinski definition) is 0. The van der Waals surface area contributed by atoms with Crippen molar-refractivity contribution in [3.63, 3.8) is 0 Å². The smallest absolute Gasteiger partial charge is 0.357 e. The summed E-state index contributed by atoms with van der Waals surface area (Å²) in [5.74, 6) is 0.538. The van der Waals surface area contributed by atoms with Crippen LogP contribution in [0, 0.1) is 20.8 Å². The van der Waals surface area contributed by atoms with Gasteiger partial charge in [-0.1, -0.05) is 30.3 Å². The summed E-state index contributed by atoms with van der Waals surface area (Å²) < 4.78 is 12.4. The molecule has 0 N–H and O–H groups in total. The average Bonchev–Trinajstić information content (AvgIpc) is 3.39. The molecular formula is C30H31N5O4S.